The van der Waals surface area contributed by atoms with Crippen LogP contribution in [0, 0.1) is 0 Å². The molecule has 0 aliphatic carbocycles. The van der Waals surface area contributed by atoms with Crippen molar-refractivity contribution in [3.05, 3.63) is 0 Å². The number of nitrogens with one attached hydrogen (secondary N) is 1. The molecular weight excluding hydrogens is 228 g/mol. The maximum Gasteiger partial charge on any atom is 0.222 e. The number of piperidine rings is 1. The quantitative estimate of drug-likeness (QED) is 0.755. The molecule has 1 rings (SSSR count). The first-order valence-electron chi connectivity index (χ1n) is 7.16. The summed E-state index contributed by atoms with van der Waals surface area (Å²) in [4.78, 5) is 14.3. The maximum absolute atomic E-state index is 12.2. The average molecular weight is 256 g/mol. The van der Waals surface area contributed by atoms with Gasteiger partial charge in [-0.25, -0.2) is 0 Å². The van der Waals surface area contributed by atoms with Gasteiger partial charge in [0.25, 0.3) is 0 Å². The molecule has 0 bridgehead atoms. The van der Waals surface area contributed by atoms with Crippen LogP contribution in [0.15, 0.2) is 0 Å². The average Bonchev–Trinajstić information content (AvgIpc) is 2.42. The predicted octanol–water partition coefficient (Wildman–Crippen LogP) is 1.79. The first-order chi connectivity index (χ1) is 8.69. The van der Waals surface area contributed by atoms with Gasteiger partial charge in [0.1, 0.15) is 0 Å². The fraction of sp³-hybridized carbons (Fsp3) is 0.929. The van der Waals surface area contributed by atoms with Crippen molar-refractivity contribution in [1.29, 1.82) is 0 Å². The van der Waals surface area contributed by atoms with E-state index in [1.165, 1.54) is 6.42 Å². The van der Waals surface area contributed by atoms with E-state index < -0.39 is 0 Å². The molecule has 106 valence electrons. The lowest BCUT2D eigenvalue weighted by atomic mass is 9.98. The second kappa shape index (κ2) is 8.48. The SMILES string of the molecule is CNCCC1CCCCN1C(=O)CCC(C)OC. The van der Waals surface area contributed by atoms with Gasteiger partial charge in [0.2, 0.25) is 5.91 Å². The number of likely N-dealkylation sites (tertiary alicyclic amines) is 1. The summed E-state index contributed by atoms with van der Waals surface area (Å²) in [7, 11) is 3.67. The molecular formula is C14H28N2O2. The topological polar surface area (TPSA) is 41.6 Å². The molecule has 0 aromatic rings. The summed E-state index contributed by atoms with van der Waals surface area (Å²) in [5, 5.41) is 3.18. The van der Waals surface area contributed by atoms with Gasteiger partial charge in [0, 0.05) is 26.1 Å². The van der Waals surface area contributed by atoms with E-state index in [0.717, 1.165) is 38.8 Å². The summed E-state index contributed by atoms with van der Waals surface area (Å²) in [6.45, 7) is 3.94. The standard InChI is InChI=1S/C14H28N2O2/c1-12(18-3)7-8-14(17)16-11-5-4-6-13(16)9-10-15-2/h12-13,15H,4-11H2,1-3H3. The van der Waals surface area contributed by atoms with Gasteiger partial charge >= 0.3 is 0 Å². The molecule has 0 aromatic carbocycles. The maximum atomic E-state index is 12.2. The molecule has 1 N–H and O–H groups in total. The third kappa shape index (κ3) is 4.94. The Labute approximate surface area is 111 Å². The van der Waals surface area contributed by atoms with Gasteiger partial charge in [-0.3, -0.25) is 4.79 Å². The third-order valence-corrected chi connectivity index (χ3v) is 3.84. The molecule has 1 saturated heterocycles. The molecule has 18 heavy (non-hydrogen) atoms. The van der Waals surface area contributed by atoms with Crippen molar-refractivity contribution < 1.29 is 9.53 Å². The van der Waals surface area contributed by atoms with Crippen molar-refractivity contribution in [1.82, 2.24) is 10.2 Å². The number of ether oxygens (including phenoxy) is 1. The fourth-order valence-corrected chi connectivity index (χ4v) is 2.53. The van der Waals surface area contributed by atoms with E-state index in [2.05, 4.69) is 10.2 Å². The second-order valence-corrected chi connectivity index (χ2v) is 5.21. The van der Waals surface area contributed by atoms with Crippen LogP contribution in [-0.2, 0) is 9.53 Å². The van der Waals surface area contributed by atoms with Crippen LogP contribution in [0.2, 0.25) is 0 Å². The Hall–Kier alpha value is -0.610. The predicted molar refractivity (Wildman–Crippen MR) is 73.6 cm³/mol. The molecule has 0 saturated carbocycles. The van der Waals surface area contributed by atoms with Crippen molar-refractivity contribution in [2.24, 2.45) is 0 Å². The van der Waals surface area contributed by atoms with Gasteiger partial charge in [-0.2, -0.15) is 0 Å². The van der Waals surface area contributed by atoms with Crippen LogP contribution in [0.25, 0.3) is 0 Å². The summed E-state index contributed by atoms with van der Waals surface area (Å²) < 4.78 is 5.20. The van der Waals surface area contributed by atoms with Crippen LogP contribution in [0.4, 0.5) is 0 Å². The molecule has 1 aliphatic heterocycles. The Morgan fingerprint density at radius 3 is 2.94 bits per heavy atom. The number of carbonyl (C=O) groups is 1. The number of methoxy groups -OCH3 is 1. The highest BCUT2D eigenvalue weighted by Gasteiger charge is 2.25. The Balaban J connectivity index is 2.41. The van der Waals surface area contributed by atoms with Gasteiger partial charge in [-0.05, 0) is 52.6 Å². The van der Waals surface area contributed by atoms with Crippen LogP contribution >= 0.6 is 0 Å². The van der Waals surface area contributed by atoms with E-state index in [4.69, 9.17) is 4.74 Å². The van der Waals surface area contributed by atoms with Gasteiger partial charge < -0.3 is 15.0 Å². The lowest BCUT2D eigenvalue weighted by molar-refractivity contribution is -0.135. The van der Waals surface area contributed by atoms with Gasteiger partial charge in [0.05, 0.1) is 6.10 Å². The first-order valence-corrected chi connectivity index (χ1v) is 7.16. The smallest absolute Gasteiger partial charge is 0.222 e. The van der Waals surface area contributed by atoms with E-state index in [1.54, 1.807) is 7.11 Å². The first kappa shape index (κ1) is 15.4. The fourth-order valence-electron chi connectivity index (χ4n) is 2.53. The molecule has 2 atom stereocenters. The minimum absolute atomic E-state index is 0.175. The Bertz CT molecular complexity index is 246. The minimum atomic E-state index is 0.175. The van der Waals surface area contributed by atoms with E-state index >= 15 is 0 Å². The highest BCUT2D eigenvalue weighted by molar-refractivity contribution is 5.76. The molecule has 4 heteroatoms. The number of rotatable bonds is 7. The van der Waals surface area contributed by atoms with Crippen molar-refractivity contribution in [3.63, 3.8) is 0 Å². The van der Waals surface area contributed by atoms with E-state index in [-0.39, 0.29) is 6.10 Å². The van der Waals surface area contributed by atoms with Crippen molar-refractivity contribution >= 4 is 5.91 Å². The molecule has 0 spiro atoms. The lowest BCUT2D eigenvalue weighted by Crippen LogP contribution is -2.44. The van der Waals surface area contributed by atoms with Crippen LogP contribution in [0.5, 0.6) is 0 Å². The highest BCUT2D eigenvalue weighted by atomic mass is 16.5. The van der Waals surface area contributed by atoms with Crippen LogP contribution in [0.1, 0.15) is 45.4 Å². The van der Waals surface area contributed by atoms with Gasteiger partial charge in [0.15, 0.2) is 0 Å². The van der Waals surface area contributed by atoms with Crippen molar-refractivity contribution in [2.75, 3.05) is 27.2 Å². The summed E-state index contributed by atoms with van der Waals surface area (Å²) in [6, 6.07) is 0.441. The highest BCUT2D eigenvalue weighted by Crippen LogP contribution is 2.21. The number of hydrogen-bond acceptors (Lipinski definition) is 3. The second-order valence-electron chi connectivity index (χ2n) is 5.21. The van der Waals surface area contributed by atoms with E-state index in [1.807, 2.05) is 14.0 Å². The van der Waals surface area contributed by atoms with E-state index in [0.29, 0.717) is 18.4 Å². The Morgan fingerprint density at radius 1 is 1.50 bits per heavy atom. The van der Waals surface area contributed by atoms with Gasteiger partial charge in [-0.1, -0.05) is 0 Å². The van der Waals surface area contributed by atoms with Crippen LogP contribution in [-0.4, -0.2) is 50.2 Å². The van der Waals surface area contributed by atoms with E-state index in [9.17, 15) is 4.79 Å². The summed E-state index contributed by atoms with van der Waals surface area (Å²) in [6.07, 6.45) is 6.26. The zero-order valence-corrected chi connectivity index (χ0v) is 12.1. The zero-order chi connectivity index (χ0) is 13.4. The lowest BCUT2D eigenvalue weighted by Gasteiger charge is -2.36. The van der Waals surface area contributed by atoms with Crippen LogP contribution < -0.4 is 5.32 Å². The number of nitrogens with zero attached hydrogens (tertiary/aromatic N) is 1. The number of hydrogen-bond donors (Lipinski definition) is 1. The summed E-state index contributed by atoms with van der Waals surface area (Å²) >= 11 is 0. The monoisotopic (exact) mass is 256 g/mol. The molecule has 0 aromatic heterocycles. The Kier molecular flexibility index (Phi) is 7.28. The third-order valence-electron chi connectivity index (χ3n) is 3.84. The molecule has 1 amide bonds. The number of amides is 1. The Morgan fingerprint density at radius 2 is 2.28 bits per heavy atom. The number of carbonyl (C=O) groups excluding carboxylic acids is 1. The zero-order valence-electron chi connectivity index (χ0n) is 12.1. The van der Waals surface area contributed by atoms with Crippen molar-refractivity contribution in [3.8, 4) is 0 Å². The molecule has 0 radical (unpaired) electrons. The normalized spacial score (nSPS) is 21.9. The minimum Gasteiger partial charge on any atom is -0.382 e. The molecule has 2 unspecified atom stereocenters. The van der Waals surface area contributed by atoms with Crippen LogP contribution in [0.3, 0.4) is 0 Å². The van der Waals surface area contributed by atoms with Crippen molar-refractivity contribution in [2.45, 2.75) is 57.6 Å². The summed E-state index contributed by atoms with van der Waals surface area (Å²) in [5.74, 6) is 0.305. The molecule has 1 aliphatic rings. The molecule has 1 heterocycles. The summed E-state index contributed by atoms with van der Waals surface area (Å²) in [5.41, 5.74) is 0. The molecule has 4 nitrogen and oxygen atoms in total. The molecule has 1 fully saturated rings. The largest absolute Gasteiger partial charge is 0.382 e. The van der Waals surface area contributed by atoms with Gasteiger partial charge in [-0.15, -0.1) is 0 Å².